The van der Waals surface area contributed by atoms with Crippen LogP contribution in [0.4, 0.5) is 0 Å². The maximum Gasteiger partial charge on any atom is 0.192 e. The highest BCUT2D eigenvalue weighted by molar-refractivity contribution is 7.96. The summed E-state index contributed by atoms with van der Waals surface area (Å²) in [5.41, 5.74) is 2.42. The third-order valence-electron chi connectivity index (χ3n) is 7.49. The number of rotatable bonds is 10. The first-order valence-corrected chi connectivity index (χ1v) is 16.8. The molecule has 0 amide bonds. The van der Waals surface area contributed by atoms with E-state index in [-0.39, 0.29) is 12.0 Å². The van der Waals surface area contributed by atoms with Gasteiger partial charge in [0.25, 0.3) is 0 Å². The normalized spacial score (nSPS) is 20.5. The topological polar surface area (TPSA) is 47.9 Å². The summed E-state index contributed by atoms with van der Waals surface area (Å²) in [5, 5.41) is 1.99. The van der Waals surface area contributed by atoms with E-state index in [0.29, 0.717) is 0 Å². The summed E-state index contributed by atoms with van der Waals surface area (Å²) in [7, 11) is -1.14. The van der Waals surface area contributed by atoms with Crippen molar-refractivity contribution in [3.05, 3.63) is 71.1 Å². The van der Waals surface area contributed by atoms with Crippen LogP contribution in [-0.2, 0) is 14.2 Å². The molecule has 1 saturated carbocycles. The van der Waals surface area contributed by atoms with Crippen molar-refractivity contribution in [1.29, 1.82) is 0 Å². The molecule has 0 spiro atoms. The SMILES string of the molecule is CC[Si](CC)(CC)O[C@@H](c1ccc(OC)cc1)[C@@H]1CCCC/C1=C\S(=O)(=NC)c1ccccc1. The molecular formula is C28H41NO3SSi. The van der Waals surface area contributed by atoms with Gasteiger partial charge in [0.15, 0.2) is 8.32 Å². The highest BCUT2D eigenvalue weighted by atomic mass is 32.2. The van der Waals surface area contributed by atoms with Gasteiger partial charge < -0.3 is 9.16 Å². The molecule has 0 saturated heterocycles. The fourth-order valence-corrected chi connectivity index (χ4v) is 9.59. The third kappa shape index (κ3) is 6.02. The first-order valence-electron chi connectivity index (χ1n) is 12.7. The van der Waals surface area contributed by atoms with Crippen LogP contribution in [0.2, 0.25) is 18.1 Å². The number of hydrogen-bond acceptors (Lipinski definition) is 4. The summed E-state index contributed by atoms with van der Waals surface area (Å²) in [4.78, 5) is 0.774. The van der Waals surface area contributed by atoms with Gasteiger partial charge in [-0.2, -0.15) is 0 Å². The molecule has 3 atom stereocenters. The fraction of sp³-hybridized carbons (Fsp3) is 0.500. The summed E-state index contributed by atoms with van der Waals surface area (Å²) in [5.74, 6) is 1.05. The molecular weight excluding hydrogens is 458 g/mol. The number of hydrogen-bond donors (Lipinski definition) is 0. The molecule has 1 aliphatic carbocycles. The minimum atomic E-state index is -2.63. The van der Waals surface area contributed by atoms with Gasteiger partial charge in [-0.05, 0) is 67.2 Å². The fourth-order valence-electron chi connectivity index (χ4n) is 5.05. The van der Waals surface area contributed by atoms with Gasteiger partial charge in [-0.1, -0.05) is 63.1 Å². The van der Waals surface area contributed by atoms with Crippen molar-refractivity contribution in [3.63, 3.8) is 0 Å². The van der Waals surface area contributed by atoms with Crippen molar-refractivity contribution in [1.82, 2.24) is 0 Å². The van der Waals surface area contributed by atoms with E-state index in [1.807, 2.05) is 47.9 Å². The number of nitrogens with zero attached hydrogens (tertiary/aromatic N) is 1. The monoisotopic (exact) mass is 499 g/mol. The molecule has 0 aromatic heterocycles. The Balaban J connectivity index is 2.09. The minimum Gasteiger partial charge on any atom is -0.497 e. The Bertz CT molecular complexity index is 1050. The minimum absolute atomic E-state index is 0.0414. The molecule has 4 nitrogen and oxygen atoms in total. The van der Waals surface area contributed by atoms with E-state index in [4.69, 9.17) is 9.16 Å². The van der Waals surface area contributed by atoms with Crippen LogP contribution in [0, 0.1) is 5.92 Å². The Morgan fingerprint density at radius 1 is 1.03 bits per heavy atom. The van der Waals surface area contributed by atoms with Crippen LogP contribution in [0.25, 0.3) is 0 Å². The summed E-state index contributed by atoms with van der Waals surface area (Å²) in [6, 6.07) is 21.3. The van der Waals surface area contributed by atoms with E-state index in [0.717, 1.165) is 54.5 Å². The lowest BCUT2D eigenvalue weighted by molar-refractivity contribution is 0.124. The van der Waals surface area contributed by atoms with E-state index in [9.17, 15) is 4.21 Å². The smallest absolute Gasteiger partial charge is 0.192 e. The summed E-state index contributed by atoms with van der Waals surface area (Å²) < 4.78 is 31.0. The maximum absolute atomic E-state index is 14.0. The van der Waals surface area contributed by atoms with Gasteiger partial charge in [0.1, 0.15) is 5.75 Å². The zero-order valence-corrected chi connectivity index (χ0v) is 23.3. The predicted molar refractivity (Wildman–Crippen MR) is 145 cm³/mol. The lowest BCUT2D eigenvalue weighted by Crippen LogP contribution is -2.39. The molecule has 1 unspecified atom stereocenters. The Hall–Kier alpha value is -1.89. The van der Waals surface area contributed by atoms with Gasteiger partial charge in [0.05, 0.1) is 27.8 Å². The highest BCUT2D eigenvalue weighted by Gasteiger charge is 2.38. The standard InChI is InChI=1S/C28H41NO3SSi/c1-6-34(7-2,8-3)32-28(23-18-20-25(31-5)21-19-23)27-17-13-12-14-24(27)22-33(30,29-4)26-15-10-9-11-16-26/h9-11,15-16,18-22,27-28H,6-8,12-14,17H2,1-5H3/b24-22+/t27-,28+,33?/m1/s1. The number of benzene rings is 2. The largest absolute Gasteiger partial charge is 0.497 e. The van der Waals surface area contributed by atoms with Crippen molar-refractivity contribution in [2.24, 2.45) is 10.3 Å². The molecule has 0 bridgehead atoms. The highest BCUT2D eigenvalue weighted by Crippen LogP contribution is 2.44. The Morgan fingerprint density at radius 2 is 1.68 bits per heavy atom. The summed E-state index contributed by atoms with van der Waals surface area (Å²) >= 11 is 0. The zero-order valence-electron chi connectivity index (χ0n) is 21.5. The molecule has 0 radical (unpaired) electrons. The molecule has 1 aliphatic rings. The van der Waals surface area contributed by atoms with Crippen molar-refractivity contribution in [2.75, 3.05) is 14.2 Å². The average Bonchev–Trinajstić information content (AvgIpc) is 2.91. The van der Waals surface area contributed by atoms with Crippen molar-refractivity contribution >= 4 is 18.0 Å². The number of ether oxygens (including phenoxy) is 1. The van der Waals surface area contributed by atoms with Crippen LogP contribution < -0.4 is 4.74 Å². The van der Waals surface area contributed by atoms with Crippen LogP contribution in [-0.4, -0.2) is 26.7 Å². The van der Waals surface area contributed by atoms with Crippen LogP contribution in [0.15, 0.2) is 74.8 Å². The van der Waals surface area contributed by atoms with E-state index in [1.54, 1.807) is 14.2 Å². The quantitative estimate of drug-likeness (QED) is 0.311. The Labute approximate surface area is 208 Å². The van der Waals surface area contributed by atoms with Crippen molar-refractivity contribution < 1.29 is 13.4 Å². The second kappa shape index (κ2) is 12.2. The first kappa shape index (κ1) is 26.7. The Morgan fingerprint density at radius 3 is 2.24 bits per heavy atom. The van der Waals surface area contributed by atoms with Crippen molar-refractivity contribution in [2.45, 2.75) is 75.6 Å². The molecule has 0 aliphatic heterocycles. The second-order valence-electron chi connectivity index (χ2n) is 9.16. The molecule has 0 N–H and O–H groups in total. The summed E-state index contributed by atoms with van der Waals surface area (Å²) in [6.45, 7) is 6.83. The molecule has 0 heterocycles. The summed E-state index contributed by atoms with van der Waals surface area (Å²) in [6.07, 6.45) is 4.22. The van der Waals surface area contributed by atoms with E-state index < -0.39 is 18.0 Å². The van der Waals surface area contributed by atoms with E-state index in [1.165, 1.54) is 11.1 Å². The maximum atomic E-state index is 14.0. The van der Waals surface area contributed by atoms with E-state index in [2.05, 4.69) is 37.3 Å². The van der Waals surface area contributed by atoms with Gasteiger partial charge >= 0.3 is 0 Å². The van der Waals surface area contributed by atoms with Gasteiger partial charge in [-0.25, -0.2) is 8.57 Å². The van der Waals surface area contributed by atoms with Crippen LogP contribution in [0.5, 0.6) is 5.75 Å². The first-order chi connectivity index (χ1) is 16.4. The Kier molecular flexibility index (Phi) is 9.57. The number of methoxy groups -OCH3 is 1. The van der Waals surface area contributed by atoms with Crippen LogP contribution in [0.1, 0.15) is 58.1 Å². The van der Waals surface area contributed by atoms with Gasteiger partial charge in [-0.15, -0.1) is 0 Å². The van der Waals surface area contributed by atoms with E-state index >= 15 is 0 Å². The third-order valence-corrected chi connectivity index (χ3v) is 14.2. The average molecular weight is 500 g/mol. The zero-order chi connectivity index (χ0) is 24.6. The lowest BCUT2D eigenvalue weighted by atomic mass is 9.79. The van der Waals surface area contributed by atoms with Crippen molar-refractivity contribution in [3.8, 4) is 5.75 Å². The van der Waals surface area contributed by atoms with Crippen LogP contribution >= 0.6 is 0 Å². The lowest BCUT2D eigenvalue weighted by Gasteiger charge is -2.40. The molecule has 2 aromatic carbocycles. The van der Waals surface area contributed by atoms with Gasteiger partial charge in [0, 0.05) is 18.4 Å². The molecule has 3 rings (SSSR count). The van der Waals surface area contributed by atoms with Crippen LogP contribution in [0.3, 0.4) is 0 Å². The molecule has 1 fully saturated rings. The molecule has 6 heteroatoms. The molecule has 186 valence electrons. The second-order valence-corrected chi connectivity index (χ2v) is 16.1. The van der Waals surface area contributed by atoms with Gasteiger partial charge in [0.2, 0.25) is 0 Å². The predicted octanol–water partition coefficient (Wildman–Crippen LogP) is 7.99. The molecule has 2 aromatic rings. The molecule has 34 heavy (non-hydrogen) atoms. The van der Waals surface area contributed by atoms with Gasteiger partial charge in [-0.3, -0.25) is 0 Å².